The van der Waals surface area contributed by atoms with Gasteiger partial charge in [0.2, 0.25) is 0 Å². The molecule has 0 aliphatic heterocycles. The number of nitrogens with two attached hydrogens (primary N) is 2. The number of rotatable bonds is 16. The lowest BCUT2D eigenvalue weighted by atomic mass is 10.0. The number of hydrogen-bond acceptors (Lipinski definition) is 14. The number of thioether (sulfide) groups is 1. The molecule has 2 amide bonds. The van der Waals surface area contributed by atoms with Crippen molar-refractivity contribution in [1.29, 1.82) is 0 Å². The number of aromatic nitrogens is 2. The molecule has 0 aliphatic carbocycles. The van der Waals surface area contributed by atoms with Crippen molar-refractivity contribution in [1.82, 2.24) is 20.6 Å². The van der Waals surface area contributed by atoms with Gasteiger partial charge in [-0.05, 0) is 84.2 Å². The number of nitrogens with zero attached hydrogens (tertiary/aromatic N) is 2. The number of carbonyl (C=O) groups excluding carboxylic acids is 3. The zero-order valence-electron chi connectivity index (χ0n) is 32.6. The number of thiazole rings is 1. The number of pyridine rings is 1. The van der Waals surface area contributed by atoms with Gasteiger partial charge in [0.05, 0.1) is 17.1 Å². The Labute approximate surface area is 340 Å². The molecular formula is C39H50ClN7O7S2. The van der Waals surface area contributed by atoms with Gasteiger partial charge < -0.3 is 46.4 Å². The van der Waals surface area contributed by atoms with Crippen molar-refractivity contribution in [3.05, 3.63) is 64.6 Å². The van der Waals surface area contributed by atoms with Crippen molar-refractivity contribution in [2.24, 2.45) is 0 Å². The summed E-state index contributed by atoms with van der Waals surface area (Å²) in [4.78, 5) is 46.9. The maximum Gasteiger partial charge on any atom is 0.408 e. The molecule has 17 heteroatoms. The fourth-order valence-corrected chi connectivity index (χ4v) is 6.98. The molecule has 2 aromatic carbocycles. The average Bonchev–Trinajstić information content (AvgIpc) is 3.59. The summed E-state index contributed by atoms with van der Waals surface area (Å²) in [5.41, 5.74) is 15.9. The summed E-state index contributed by atoms with van der Waals surface area (Å²) in [5, 5.41) is 12.5. The molecule has 0 radical (unpaired) electrons. The molecule has 0 bridgehead atoms. The maximum absolute atomic E-state index is 13.0. The first-order chi connectivity index (χ1) is 26.4. The highest BCUT2D eigenvalue weighted by atomic mass is 35.5. The number of amides is 2. The van der Waals surface area contributed by atoms with Crippen LogP contribution >= 0.6 is 34.7 Å². The number of hydrogen-bond donors (Lipinski definition) is 5. The van der Waals surface area contributed by atoms with Crippen LogP contribution in [0.1, 0.15) is 60.1 Å². The Bertz CT molecular complexity index is 1950. The van der Waals surface area contributed by atoms with Crippen LogP contribution < -0.4 is 32.2 Å². The van der Waals surface area contributed by atoms with Gasteiger partial charge >= 0.3 is 18.2 Å². The van der Waals surface area contributed by atoms with E-state index < -0.39 is 35.4 Å². The van der Waals surface area contributed by atoms with Gasteiger partial charge in [0, 0.05) is 40.9 Å². The zero-order valence-corrected chi connectivity index (χ0v) is 35.0. The summed E-state index contributed by atoms with van der Waals surface area (Å²) >= 11 is 9.06. The molecule has 1 atom stereocenters. The van der Waals surface area contributed by atoms with Crippen LogP contribution in [0.5, 0.6) is 5.75 Å². The highest BCUT2D eigenvalue weighted by Crippen LogP contribution is 2.42. The van der Waals surface area contributed by atoms with Gasteiger partial charge in [-0.2, -0.15) is 0 Å². The smallest absolute Gasteiger partial charge is 0.408 e. The van der Waals surface area contributed by atoms with Crippen LogP contribution in [0.25, 0.3) is 21.7 Å². The summed E-state index contributed by atoms with van der Waals surface area (Å²) in [6.07, 6.45) is -0.794. The summed E-state index contributed by atoms with van der Waals surface area (Å²) in [6, 6.07) is 13.8. The molecule has 7 N–H and O–H groups in total. The minimum absolute atomic E-state index is 0.0466. The van der Waals surface area contributed by atoms with Crippen molar-refractivity contribution in [3.63, 3.8) is 0 Å². The number of alkyl carbamates (subject to hydrolysis) is 2. The summed E-state index contributed by atoms with van der Waals surface area (Å²) in [7, 11) is 1.75. The highest BCUT2D eigenvalue weighted by molar-refractivity contribution is 7.98. The fourth-order valence-electron chi connectivity index (χ4n) is 5.07. The van der Waals surface area contributed by atoms with Gasteiger partial charge in [-0.25, -0.2) is 24.4 Å². The molecule has 0 spiro atoms. The highest BCUT2D eigenvalue weighted by Gasteiger charge is 2.26. The van der Waals surface area contributed by atoms with Gasteiger partial charge in [-0.3, -0.25) is 0 Å². The third kappa shape index (κ3) is 13.7. The first-order valence-corrected chi connectivity index (χ1v) is 20.1. The zero-order chi connectivity index (χ0) is 41.0. The molecule has 0 aliphatic rings. The first kappa shape index (κ1) is 43.8. The Kier molecular flexibility index (Phi) is 15.5. The predicted octanol–water partition coefficient (Wildman–Crippen LogP) is 8.14. The number of carbonyl (C=O) groups is 3. The van der Waals surface area contributed by atoms with E-state index in [1.807, 2.05) is 41.8 Å². The number of ether oxygens (including phenoxy) is 4. The third-order valence-corrected chi connectivity index (χ3v) is 9.74. The number of nitrogens with one attached hydrogen (secondary N) is 3. The Morgan fingerprint density at radius 1 is 0.875 bits per heavy atom. The van der Waals surface area contributed by atoms with Gasteiger partial charge in [0.25, 0.3) is 0 Å². The Morgan fingerprint density at radius 2 is 1.52 bits per heavy atom. The van der Waals surface area contributed by atoms with Gasteiger partial charge in [-0.1, -0.05) is 47.6 Å². The molecule has 56 heavy (non-hydrogen) atoms. The van der Waals surface area contributed by atoms with E-state index in [4.69, 9.17) is 47.0 Å². The molecule has 4 rings (SSSR count). The second-order valence-electron chi connectivity index (χ2n) is 14.5. The lowest BCUT2D eigenvalue weighted by molar-refractivity contribution is -0.147. The standard InChI is InChI=1S/C39H50ClN7O7S2/c1-38(2,3)53-36(49)44-18-8-9-28(46-37(50)54-39(4,5)6)35(48)52-20-19-51-27-16-12-23(13-17-27)29-30(41)32(43-7)47-34(31(29)42)56-22-26-21-55-33(45-26)24-10-14-25(40)15-11-24/h10-17,21,28H,8-9,18-20,22,41-42H2,1-7H3,(H,43,47)(H,44,49)(H,46,50)/t28-/m1/s1. The molecule has 14 nitrogen and oxygen atoms in total. The number of benzene rings is 2. The Hall–Kier alpha value is -4.93. The van der Waals surface area contributed by atoms with Gasteiger partial charge in [0.15, 0.2) is 5.82 Å². The van der Waals surface area contributed by atoms with Crippen LogP contribution in [0.15, 0.2) is 58.9 Å². The summed E-state index contributed by atoms with van der Waals surface area (Å²) in [5.74, 6) is 0.907. The summed E-state index contributed by atoms with van der Waals surface area (Å²) in [6.45, 7) is 10.6. The molecule has 0 saturated carbocycles. The van der Waals surface area contributed by atoms with E-state index in [1.165, 1.54) is 11.8 Å². The van der Waals surface area contributed by atoms with Crippen molar-refractivity contribution < 1.29 is 33.3 Å². The molecule has 0 saturated heterocycles. The average molecular weight is 828 g/mol. The van der Waals surface area contributed by atoms with Crippen LogP contribution in [-0.4, -0.2) is 72.2 Å². The lowest BCUT2D eigenvalue weighted by Gasteiger charge is -2.23. The minimum atomic E-state index is -1.01. The maximum atomic E-state index is 13.0. The van der Waals surface area contributed by atoms with E-state index in [2.05, 4.69) is 20.9 Å². The van der Waals surface area contributed by atoms with E-state index in [0.29, 0.717) is 50.7 Å². The number of halogens is 1. The number of esters is 1. The topological polar surface area (TPSA) is 202 Å². The van der Waals surface area contributed by atoms with Crippen LogP contribution in [0.2, 0.25) is 5.02 Å². The van der Waals surface area contributed by atoms with Crippen LogP contribution in [0.3, 0.4) is 0 Å². The van der Waals surface area contributed by atoms with Crippen molar-refractivity contribution in [3.8, 4) is 27.4 Å². The molecule has 0 unspecified atom stereocenters. The van der Waals surface area contributed by atoms with E-state index in [0.717, 1.165) is 21.8 Å². The van der Waals surface area contributed by atoms with E-state index in [-0.39, 0.29) is 26.2 Å². The molecular weight excluding hydrogens is 778 g/mol. The molecule has 0 fully saturated rings. The molecule has 4 aromatic rings. The first-order valence-electron chi connectivity index (χ1n) is 17.9. The second-order valence-corrected chi connectivity index (χ2v) is 16.7. The number of anilines is 3. The Balaban J connectivity index is 1.34. The quantitative estimate of drug-likeness (QED) is 0.0314. The summed E-state index contributed by atoms with van der Waals surface area (Å²) < 4.78 is 21.8. The van der Waals surface area contributed by atoms with Crippen LogP contribution in [0.4, 0.5) is 26.8 Å². The molecule has 2 heterocycles. The molecule has 302 valence electrons. The lowest BCUT2D eigenvalue weighted by Crippen LogP contribution is -2.45. The van der Waals surface area contributed by atoms with E-state index >= 15 is 0 Å². The van der Waals surface area contributed by atoms with Crippen molar-refractivity contribution in [2.75, 3.05) is 43.6 Å². The van der Waals surface area contributed by atoms with Crippen molar-refractivity contribution in [2.45, 2.75) is 82.4 Å². The van der Waals surface area contributed by atoms with Crippen molar-refractivity contribution >= 4 is 70.0 Å². The largest absolute Gasteiger partial charge is 0.490 e. The molecule has 2 aromatic heterocycles. The van der Waals surface area contributed by atoms with Gasteiger partial charge in [-0.15, -0.1) is 11.3 Å². The fraction of sp³-hybridized carbons (Fsp3) is 0.410. The van der Waals surface area contributed by atoms with E-state index in [1.54, 1.807) is 72.1 Å². The second kappa shape index (κ2) is 19.8. The normalized spacial score (nSPS) is 12.0. The van der Waals surface area contributed by atoms with Crippen LogP contribution in [-0.2, 0) is 24.8 Å². The Morgan fingerprint density at radius 3 is 2.16 bits per heavy atom. The minimum Gasteiger partial charge on any atom is -0.490 e. The van der Waals surface area contributed by atoms with Gasteiger partial charge in [0.1, 0.15) is 46.2 Å². The van der Waals surface area contributed by atoms with Crippen LogP contribution in [0, 0.1) is 0 Å². The monoisotopic (exact) mass is 827 g/mol. The van der Waals surface area contributed by atoms with E-state index in [9.17, 15) is 14.4 Å². The third-order valence-electron chi connectivity index (χ3n) is 7.53. The number of nitrogen functional groups attached to an aromatic ring is 2. The SMILES string of the molecule is CNc1nc(SCc2csc(-c3ccc(Cl)cc3)n2)c(N)c(-c2ccc(OCCOC(=O)[C@@H](CCCNC(=O)OC(C)(C)C)NC(=O)OC(C)(C)C)cc2)c1N. The predicted molar refractivity (Wildman–Crippen MR) is 223 cm³/mol.